The summed E-state index contributed by atoms with van der Waals surface area (Å²) in [5, 5.41) is 0. The van der Waals surface area contributed by atoms with Gasteiger partial charge in [-0.25, -0.2) is 9.79 Å². The molecular formula is C12H8F3NO2. The number of hydrogen-bond donors (Lipinski definition) is 0. The number of carbonyl (C=O) groups is 1. The molecule has 0 radical (unpaired) electrons. The molecule has 0 N–H and O–H groups in total. The highest BCUT2D eigenvalue weighted by molar-refractivity contribution is 6.06. The Morgan fingerprint density at radius 2 is 1.83 bits per heavy atom. The maximum atomic E-state index is 12.3. The Hall–Kier alpha value is -2.11. The maximum Gasteiger partial charge on any atom is 0.416 e. The van der Waals surface area contributed by atoms with E-state index in [1.54, 1.807) is 0 Å². The van der Waals surface area contributed by atoms with Gasteiger partial charge in [0.25, 0.3) is 0 Å². The molecule has 0 unspecified atom stereocenters. The predicted octanol–water partition coefficient (Wildman–Crippen LogP) is 3.02. The van der Waals surface area contributed by atoms with E-state index in [0.717, 1.165) is 12.1 Å². The molecule has 0 aromatic heterocycles. The van der Waals surface area contributed by atoms with Crippen LogP contribution in [0.1, 0.15) is 18.1 Å². The Morgan fingerprint density at radius 3 is 2.28 bits per heavy atom. The number of esters is 1. The van der Waals surface area contributed by atoms with Crippen molar-refractivity contribution in [2.75, 3.05) is 0 Å². The van der Waals surface area contributed by atoms with Crippen LogP contribution in [0.25, 0.3) is 6.08 Å². The molecule has 0 fully saturated rings. The average molecular weight is 255 g/mol. The molecule has 1 aliphatic heterocycles. The summed E-state index contributed by atoms with van der Waals surface area (Å²) >= 11 is 0. The zero-order valence-electron chi connectivity index (χ0n) is 9.28. The van der Waals surface area contributed by atoms with Crippen molar-refractivity contribution >= 4 is 17.9 Å². The van der Waals surface area contributed by atoms with Crippen LogP contribution in [0.2, 0.25) is 0 Å². The third-order valence-electron chi connectivity index (χ3n) is 2.27. The van der Waals surface area contributed by atoms with Crippen molar-refractivity contribution in [2.24, 2.45) is 4.99 Å². The van der Waals surface area contributed by atoms with Gasteiger partial charge in [0, 0.05) is 6.92 Å². The molecule has 0 aliphatic carbocycles. The van der Waals surface area contributed by atoms with Crippen LogP contribution in [0.4, 0.5) is 13.2 Å². The van der Waals surface area contributed by atoms with Gasteiger partial charge in [-0.2, -0.15) is 13.2 Å². The van der Waals surface area contributed by atoms with Crippen LogP contribution in [0.5, 0.6) is 0 Å². The van der Waals surface area contributed by atoms with Crippen LogP contribution in [0, 0.1) is 0 Å². The highest BCUT2D eigenvalue weighted by Crippen LogP contribution is 2.29. The fraction of sp³-hybridized carbons (Fsp3) is 0.167. The summed E-state index contributed by atoms with van der Waals surface area (Å²) < 4.78 is 41.7. The number of rotatable bonds is 1. The van der Waals surface area contributed by atoms with Crippen molar-refractivity contribution in [1.82, 2.24) is 0 Å². The van der Waals surface area contributed by atoms with Gasteiger partial charge in [-0.05, 0) is 23.8 Å². The van der Waals surface area contributed by atoms with Gasteiger partial charge in [0.2, 0.25) is 0 Å². The van der Waals surface area contributed by atoms with Crippen molar-refractivity contribution in [2.45, 2.75) is 13.1 Å². The van der Waals surface area contributed by atoms with E-state index in [4.69, 9.17) is 0 Å². The Labute approximate surface area is 101 Å². The van der Waals surface area contributed by atoms with E-state index in [0.29, 0.717) is 5.56 Å². The van der Waals surface area contributed by atoms with Gasteiger partial charge in [-0.1, -0.05) is 12.1 Å². The van der Waals surface area contributed by atoms with Crippen molar-refractivity contribution < 1.29 is 22.7 Å². The van der Waals surface area contributed by atoms with Crippen LogP contribution in [0.3, 0.4) is 0 Å². The largest absolute Gasteiger partial charge is 0.416 e. The van der Waals surface area contributed by atoms with E-state index in [1.807, 2.05) is 0 Å². The number of benzene rings is 1. The summed E-state index contributed by atoms with van der Waals surface area (Å²) in [6.07, 6.45) is -2.99. The van der Waals surface area contributed by atoms with E-state index in [-0.39, 0.29) is 11.6 Å². The summed E-state index contributed by atoms with van der Waals surface area (Å²) in [7, 11) is 0. The van der Waals surface area contributed by atoms with E-state index < -0.39 is 17.7 Å². The number of aliphatic imine (C=N–C) groups is 1. The highest BCUT2D eigenvalue weighted by Gasteiger charge is 2.30. The molecule has 94 valence electrons. The number of nitrogens with zero attached hydrogens (tertiary/aromatic N) is 1. The first kappa shape index (κ1) is 12.3. The number of cyclic esters (lactones) is 1. The summed E-state index contributed by atoms with van der Waals surface area (Å²) in [6.45, 7) is 1.52. The van der Waals surface area contributed by atoms with Crippen molar-refractivity contribution in [3.63, 3.8) is 0 Å². The lowest BCUT2D eigenvalue weighted by atomic mass is 10.1. The number of alkyl halides is 3. The summed E-state index contributed by atoms with van der Waals surface area (Å²) in [4.78, 5) is 15.0. The second-order valence-corrected chi connectivity index (χ2v) is 3.67. The molecule has 2 rings (SSSR count). The van der Waals surface area contributed by atoms with Crippen molar-refractivity contribution in [3.8, 4) is 0 Å². The van der Waals surface area contributed by atoms with Crippen LogP contribution in [0.15, 0.2) is 35.0 Å². The third-order valence-corrected chi connectivity index (χ3v) is 2.27. The van der Waals surface area contributed by atoms with E-state index in [9.17, 15) is 18.0 Å². The lowest BCUT2D eigenvalue weighted by Gasteiger charge is -2.05. The Bertz CT molecular complexity index is 541. The van der Waals surface area contributed by atoms with Gasteiger partial charge in [-0.15, -0.1) is 0 Å². The fourth-order valence-corrected chi connectivity index (χ4v) is 1.44. The van der Waals surface area contributed by atoms with E-state index in [1.165, 1.54) is 25.1 Å². The van der Waals surface area contributed by atoms with Crippen LogP contribution >= 0.6 is 0 Å². The van der Waals surface area contributed by atoms with Crippen molar-refractivity contribution in [1.29, 1.82) is 0 Å². The molecule has 0 saturated carbocycles. The van der Waals surface area contributed by atoms with Crippen LogP contribution in [-0.4, -0.2) is 11.9 Å². The first-order valence-corrected chi connectivity index (χ1v) is 5.03. The number of carbonyl (C=O) groups excluding carboxylic acids is 1. The molecule has 1 aromatic rings. The van der Waals surface area contributed by atoms with Crippen LogP contribution in [-0.2, 0) is 15.7 Å². The highest BCUT2D eigenvalue weighted by atomic mass is 19.4. The Balaban J connectivity index is 2.26. The lowest BCUT2D eigenvalue weighted by molar-refractivity contribution is -0.137. The minimum Gasteiger partial charge on any atom is -0.407 e. The second-order valence-electron chi connectivity index (χ2n) is 3.67. The summed E-state index contributed by atoms with van der Waals surface area (Å²) in [5.41, 5.74) is -0.209. The molecule has 1 aromatic carbocycles. The zero-order chi connectivity index (χ0) is 13.3. The minimum atomic E-state index is -4.37. The number of halogens is 3. The second kappa shape index (κ2) is 4.29. The first-order chi connectivity index (χ1) is 8.36. The third kappa shape index (κ3) is 2.58. The van der Waals surface area contributed by atoms with Gasteiger partial charge in [-0.3, -0.25) is 0 Å². The van der Waals surface area contributed by atoms with Crippen molar-refractivity contribution in [3.05, 3.63) is 41.1 Å². The smallest absolute Gasteiger partial charge is 0.407 e. The molecule has 0 saturated heterocycles. The molecule has 6 heteroatoms. The molecule has 1 aliphatic rings. The Morgan fingerprint density at radius 1 is 1.22 bits per heavy atom. The maximum absolute atomic E-state index is 12.3. The monoisotopic (exact) mass is 255 g/mol. The van der Waals surface area contributed by atoms with Gasteiger partial charge < -0.3 is 4.74 Å². The molecule has 0 spiro atoms. The SMILES string of the molecule is CC1=N/C(=C/c2ccc(C(F)(F)F)cc2)C(=O)O1. The molecular weight excluding hydrogens is 247 g/mol. The minimum absolute atomic E-state index is 0.0762. The van der Waals surface area contributed by atoms with Gasteiger partial charge in [0.1, 0.15) is 0 Å². The quantitative estimate of drug-likeness (QED) is 0.571. The van der Waals surface area contributed by atoms with E-state index in [2.05, 4.69) is 9.73 Å². The molecule has 0 amide bonds. The van der Waals surface area contributed by atoms with Crippen LogP contribution < -0.4 is 0 Å². The standard InChI is InChI=1S/C12H8F3NO2/c1-7-16-10(11(17)18-7)6-8-2-4-9(5-3-8)12(13,14)15/h2-6H,1H3/b10-6+. The number of hydrogen-bond acceptors (Lipinski definition) is 3. The molecule has 1 heterocycles. The Kier molecular flexibility index (Phi) is 2.94. The lowest BCUT2D eigenvalue weighted by Crippen LogP contribution is -2.04. The molecule has 0 bridgehead atoms. The predicted molar refractivity (Wildman–Crippen MR) is 58.6 cm³/mol. The topological polar surface area (TPSA) is 38.7 Å². The molecule has 0 atom stereocenters. The average Bonchev–Trinajstić information content (AvgIpc) is 2.57. The number of ether oxygens (including phenoxy) is 1. The summed E-state index contributed by atoms with van der Waals surface area (Å²) in [5.74, 6) is -0.384. The summed E-state index contributed by atoms with van der Waals surface area (Å²) in [6, 6.07) is 4.44. The van der Waals surface area contributed by atoms with Gasteiger partial charge in [0.15, 0.2) is 11.6 Å². The zero-order valence-corrected chi connectivity index (χ0v) is 9.28. The van der Waals surface area contributed by atoms with E-state index >= 15 is 0 Å². The van der Waals surface area contributed by atoms with Gasteiger partial charge in [0.05, 0.1) is 5.56 Å². The molecule has 18 heavy (non-hydrogen) atoms. The normalized spacial score (nSPS) is 17.9. The van der Waals surface area contributed by atoms with Gasteiger partial charge >= 0.3 is 12.1 Å². The first-order valence-electron chi connectivity index (χ1n) is 5.03. The molecule has 3 nitrogen and oxygen atoms in total. The fourth-order valence-electron chi connectivity index (χ4n) is 1.44.